The van der Waals surface area contributed by atoms with Crippen molar-refractivity contribution >= 4 is 5.91 Å². The van der Waals surface area contributed by atoms with Crippen molar-refractivity contribution in [1.29, 1.82) is 0 Å². The first-order valence-corrected chi connectivity index (χ1v) is 45.0. The normalized spacial score (nSPS) is 21.6. The maximum atomic E-state index is 13.4. The van der Waals surface area contributed by atoms with E-state index in [4.69, 9.17) is 18.9 Å². The molecule has 105 heavy (non-hydrogen) atoms. The Morgan fingerprint density at radius 3 is 1.00 bits per heavy atom. The minimum Gasteiger partial charge on any atom is -0.394 e. The third kappa shape index (κ3) is 56.5. The van der Waals surface area contributed by atoms with E-state index in [0.717, 1.165) is 44.9 Å². The molecule has 0 aliphatic carbocycles. The molecule has 2 fully saturated rings. The molecule has 2 rings (SSSR count). The van der Waals surface area contributed by atoms with Crippen LogP contribution in [0.3, 0.4) is 0 Å². The van der Waals surface area contributed by atoms with Crippen LogP contribution in [0.15, 0.2) is 60.8 Å². The van der Waals surface area contributed by atoms with Crippen LogP contribution in [0.1, 0.15) is 418 Å². The highest BCUT2D eigenvalue weighted by molar-refractivity contribution is 5.76. The highest BCUT2D eigenvalue weighted by atomic mass is 16.7. The van der Waals surface area contributed by atoms with Crippen molar-refractivity contribution in [2.45, 2.75) is 492 Å². The number of amides is 1. The molecule has 12 unspecified atom stereocenters. The van der Waals surface area contributed by atoms with Gasteiger partial charge in [0.2, 0.25) is 5.91 Å². The quantitative estimate of drug-likeness (QED) is 0.0204. The Morgan fingerprint density at radius 1 is 0.343 bits per heavy atom. The van der Waals surface area contributed by atoms with Gasteiger partial charge in [0.25, 0.3) is 0 Å². The van der Waals surface area contributed by atoms with Gasteiger partial charge in [0.15, 0.2) is 12.6 Å². The molecule has 0 aromatic heterocycles. The van der Waals surface area contributed by atoms with Gasteiger partial charge in [-0.05, 0) is 70.6 Å². The first-order valence-electron chi connectivity index (χ1n) is 45.0. The van der Waals surface area contributed by atoms with Gasteiger partial charge < -0.3 is 65.1 Å². The van der Waals surface area contributed by atoms with E-state index in [1.54, 1.807) is 6.08 Å². The Bertz CT molecular complexity index is 2000. The van der Waals surface area contributed by atoms with Crippen LogP contribution >= 0.6 is 0 Å². The number of ether oxygens (including phenoxy) is 4. The molecule has 2 heterocycles. The largest absolute Gasteiger partial charge is 0.394 e. The molecule has 0 spiro atoms. The lowest BCUT2D eigenvalue weighted by Gasteiger charge is -2.46. The summed E-state index contributed by atoms with van der Waals surface area (Å²) in [5, 5.41) is 87.8. The predicted octanol–water partition coefficient (Wildman–Crippen LogP) is 21.9. The fraction of sp³-hybridized carbons (Fsp3) is 0.879. The molecule has 2 aliphatic rings. The smallest absolute Gasteiger partial charge is 0.220 e. The van der Waals surface area contributed by atoms with E-state index in [1.165, 1.54) is 340 Å². The fourth-order valence-electron chi connectivity index (χ4n) is 14.9. The zero-order valence-electron chi connectivity index (χ0n) is 68.0. The van der Waals surface area contributed by atoms with Gasteiger partial charge in [-0.25, -0.2) is 0 Å². The van der Waals surface area contributed by atoms with E-state index in [2.05, 4.69) is 67.8 Å². The highest BCUT2D eigenvalue weighted by Crippen LogP contribution is 2.31. The van der Waals surface area contributed by atoms with Crippen molar-refractivity contribution in [1.82, 2.24) is 5.32 Å². The number of hydrogen-bond donors (Lipinski definition) is 9. The van der Waals surface area contributed by atoms with E-state index >= 15 is 0 Å². The van der Waals surface area contributed by atoms with Crippen LogP contribution in [-0.2, 0) is 23.7 Å². The summed E-state index contributed by atoms with van der Waals surface area (Å²) < 4.78 is 22.9. The van der Waals surface area contributed by atoms with Crippen molar-refractivity contribution in [3.63, 3.8) is 0 Å². The average Bonchev–Trinajstić information content (AvgIpc) is 0.769. The van der Waals surface area contributed by atoms with E-state index in [0.29, 0.717) is 12.8 Å². The number of nitrogens with one attached hydrogen (secondary N) is 1. The summed E-state index contributed by atoms with van der Waals surface area (Å²) in [6, 6.07) is -0.934. The Balaban J connectivity index is 1.56. The molecule has 0 bridgehead atoms. The second-order valence-electron chi connectivity index (χ2n) is 31.7. The Hall–Kier alpha value is -2.31. The number of carbonyl (C=O) groups is 1. The van der Waals surface area contributed by atoms with Crippen molar-refractivity contribution in [3.8, 4) is 0 Å². The SMILES string of the molecule is CCCCCCC/C=C\C/C=C\C/C=C\CCCCCCCCCCCCCCCCCCCCCCCCCCCCC(=O)NC(COC1OC(CO)C(OC2OC(CO)C(O)C(O)C2O)C(O)C1O)C(O)/C=C/CC/C=C/CCCCCCCCCCCCCCCCCCCCCCCCCC. The summed E-state index contributed by atoms with van der Waals surface area (Å²) in [7, 11) is 0. The molecular weight excluding hydrogens is 1310 g/mol. The molecular formula is C91H169NO13. The van der Waals surface area contributed by atoms with Crippen LogP contribution in [0.5, 0.6) is 0 Å². The second-order valence-corrected chi connectivity index (χ2v) is 31.7. The van der Waals surface area contributed by atoms with E-state index in [1.807, 2.05) is 6.08 Å². The predicted molar refractivity (Wildman–Crippen MR) is 438 cm³/mol. The van der Waals surface area contributed by atoms with Crippen molar-refractivity contribution < 1.29 is 64.6 Å². The van der Waals surface area contributed by atoms with Crippen molar-refractivity contribution in [3.05, 3.63) is 60.8 Å². The van der Waals surface area contributed by atoms with Crippen molar-refractivity contribution in [2.24, 2.45) is 0 Å². The number of aliphatic hydroxyl groups is 8. The number of hydrogen-bond acceptors (Lipinski definition) is 13. The van der Waals surface area contributed by atoms with E-state index < -0.39 is 86.8 Å². The minimum absolute atomic E-state index is 0.241. The zero-order valence-corrected chi connectivity index (χ0v) is 68.0. The fourth-order valence-corrected chi connectivity index (χ4v) is 14.9. The van der Waals surface area contributed by atoms with Gasteiger partial charge in [-0.15, -0.1) is 0 Å². The summed E-state index contributed by atoms with van der Waals surface area (Å²) >= 11 is 0. The molecule has 0 aromatic rings. The van der Waals surface area contributed by atoms with Crippen LogP contribution in [-0.4, -0.2) is 140 Å². The standard InChI is InChI=1S/C91H169NO13/c1-3-5-7-9-11-13-15-17-19-21-23-25-27-29-31-33-35-36-37-38-39-40-41-42-43-44-45-47-49-51-53-55-57-59-61-63-65-67-69-71-73-75-83(96)92-79(78-102-90-88(101)86(99)89(82(77-94)104-90)105-91-87(100)85(98)84(97)81(76-93)103-91)80(95)74-72-70-68-66-64-62-60-58-56-54-52-50-48-46-34-32-30-28-26-24-22-20-18-16-14-12-10-8-6-4-2/h15,17,21,23,27,29,64,66,72,74,79-82,84-91,93-95,97-101H,3-14,16,18-20,22,24-26,28,30-63,65,67-71,73,75-78H2,1-2H3,(H,92,96)/b17-15-,23-21-,29-27-,66-64+,74-72+. The van der Waals surface area contributed by atoms with Gasteiger partial charge in [-0.2, -0.15) is 0 Å². The summed E-state index contributed by atoms with van der Waals surface area (Å²) in [6.45, 7) is 2.84. The number of rotatable bonds is 77. The van der Waals surface area contributed by atoms with Crippen molar-refractivity contribution in [2.75, 3.05) is 19.8 Å². The Kier molecular flexibility index (Phi) is 70.0. The average molecular weight is 1490 g/mol. The number of unbranched alkanes of at least 4 members (excludes halogenated alkanes) is 56. The van der Waals surface area contributed by atoms with Gasteiger partial charge in [-0.3, -0.25) is 4.79 Å². The number of allylic oxidation sites excluding steroid dienone is 9. The zero-order chi connectivity index (χ0) is 75.8. The van der Waals surface area contributed by atoms with E-state index in [-0.39, 0.29) is 18.9 Å². The summed E-state index contributed by atoms with van der Waals surface area (Å²) in [5.74, 6) is -0.241. The molecule has 616 valence electrons. The third-order valence-electron chi connectivity index (χ3n) is 21.9. The third-order valence-corrected chi connectivity index (χ3v) is 21.9. The second kappa shape index (κ2) is 74.4. The maximum Gasteiger partial charge on any atom is 0.220 e. The van der Waals surface area contributed by atoms with E-state index in [9.17, 15) is 45.6 Å². The summed E-state index contributed by atoms with van der Waals surface area (Å²) in [4.78, 5) is 13.4. The Labute approximate surface area is 645 Å². The molecule has 12 atom stereocenters. The molecule has 2 aliphatic heterocycles. The maximum absolute atomic E-state index is 13.4. The summed E-state index contributed by atoms with van der Waals surface area (Å²) in [5.41, 5.74) is 0. The molecule has 1 amide bonds. The highest BCUT2D eigenvalue weighted by Gasteiger charge is 2.51. The number of carbonyl (C=O) groups excluding carboxylic acids is 1. The van der Waals surface area contributed by atoms with Gasteiger partial charge in [0, 0.05) is 6.42 Å². The van der Waals surface area contributed by atoms with Crippen LogP contribution < -0.4 is 5.32 Å². The van der Waals surface area contributed by atoms with Gasteiger partial charge in [0.05, 0.1) is 32.0 Å². The van der Waals surface area contributed by atoms with Crippen LogP contribution in [0.2, 0.25) is 0 Å². The van der Waals surface area contributed by atoms with Crippen LogP contribution in [0.4, 0.5) is 0 Å². The van der Waals surface area contributed by atoms with Crippen LogP contribution in [0.25, 0.3) is 0 Å². The molecule has 0 radical (unpaired) electrons. The lowest BCUT2D eigenvalue weighted by atomic mass is 9.97. The lowest BCUT2D eigenvalue weighted by Crippen LogP contribution is -2.65. The first kappa shape index (κ1) is 98.8. The lowest BCUT2D eigenvalue weighted by molar-refractivity contribution is -0.359. The molecule has 14 heteroatoms. The van der Waals surface area contributed by atoms with Crippen LogP contribution in [0, 0.1) is 0 Å². The van der Waals surface area contributed by atoms with Gasteiger partial charge in [0.1, 0.15) is 48.8 Å². The van der Waals surface area contributed by atoms with Gasteiger partial charge >= 0.3 is 0 Å². The molecule has 0 saturated carbocycles. The molecule has 0 aromatic carbocycles. The first-order chi connectivity index (χ1) is 51.6. The number of aliphatic hydroxyl groups excluding tert-OH is 8. The topological polar surface area (TPSA) is 228 Å². The molecule has 9 N–H and O–H groups in total. The molecule has 2 saturated heterocycles. The van der Waals surface area contributed by atoms with Gasteiger partial charge in [-0.1, -0.05) is 402 Å². The monoisotopic (exact) mass is 1480 g/mol. The Morgan fingerprint density at radius 2 is 0.638 bits per heavy atom. The summed E-state index contributed by atoms with van der Waals surface area (Å²) in [6.07, 6.45) is 86.3. The molecule has 14 nitrogen and oxygen atoms in total. The minimum atomic E-state index is -1.79.